The molecular weight excluding hydrogens is 526 g/mol. The van der Waals surface area contributed by atoms with Crippen LogP contribution in [0.4, 0.5) is 17.2 Å². The molecule has 14 heteroatoms. The minimum Gasteiger partial charge on any atom is -0.354 e. The molecule has 2 aliphatic heterocycles. The van der Waals surface area contributed by atoms with E-state index in [1.54, 1.807) is 46.5 Å². The van der Waals surface area contributed by atoms with Crippen molar-refractivity contribution < 1.29 is 22.3 Å². The summed E-state index contributed by atoms with van der Waals surface area (Å²) >= 11 is 0. The normalized spacial score (nSPS) is 17.0. The fourth-order valence-electron chi connectivity index (χ4n) is 4.61. The molecule has 198 valence electrons. The van der Waals surface area contributed by atoms with Crippen molar-refractivity contribution in [2.45, 2.75) is 24.0 Å². The third-order valence-electron chi connectivity index (χ3n) is 6.60. The highest BCUT2D eigenvalue weighted by Crippen LogP contribution is 2.29. The van der Waals surface area contributed by atoms with Gasteiger partial charge in [0.2, 0.25) is 0 Å². The van der Waals surface area contributed by atoms with Crippen molar-refractivity contribution in [2.24, 2.45) is 0 Å². The van der Waals surface area contributed by atoms with Crippen LogP contribution in [0.15, 0.2) is 78.2 Å². The van der Waals surface area contributed by atoms with Crippen LogP contribution in [0.3, 0.4) is 0 Å². The van der Waals surface area contributed by atoms with Crippen molar-refractivity contribution in [3.05, 3.63) is 94.7 Å². The monoisotopic (exact) mass is 547 g/mol. The van der Waals surface area contributed by atoms with Crippen molar-refractivity contribution in [3.63, 3.8) is 0 Å². The number of carbonyl (C=O) groups is 1. The van der Waals surface area contributed by atoms with Gasteiger partial charge in [0.25, 0.3) is 21.7 Å². The highest BCUT2D eigenvalue weighted by atomic mass is 32.2. The van der Waals surface area contributed by atoms with Crippen LogP contribution >= 0.6 is 0 Å². The highest BCUT2D eigenvalue weighted by Gasteiger charge is 2.33. The molecule has 0 radical (unpaired) electrons. The fourth-order valence-corrected chi connectivity index (χ4v) is 5.71. The second kappa shape index (κ2) is 9.56. The van der Waals surface area contributed by atoms with Crippen LogP contribution < -0.4 is 9.80 Å². The van der Waals surface area contributed by atoms with Crippen LogP contribution in [0.5, 0.6) is 0 Å². The largest absolute Gasteiger partial charge is 0.354 e. The summed E-state index contributed by atoms with van der Waals surface area (Å²) in [5.41, 5.74) is 2.39. The maximum absolute atomic E-state index is 12.9. The zero-order chi connectivity index (χ0) is 27.1. The quantitative estimate of drug-likeness (QED) is 0.192. The number of hydrogen-bond donors (Lipinski definition) is 0. The van der Waals surface area contributed by atoms with Gasteiger partial charge in [-0.2, -0.15) is 13.5 Å². The molecule has 0 aliphatic carbocycles. The molecule has 13 nitrogen and oxygen atoms in total. The minimum atomic E-state index is -4.08. The zero-order valence-corrected chi connectivity index (χ0v) is 21.1. The maximum atomic E-state index is 12.9. The van der Waals surface area contributed by atoms with Gasteiger partial charge in [-0.15, -0.1) is 0 Å². The summed E-state index contributed by atoms with van der Waals surface area (Å²) in [5, 5.41) is 15.4. The first-order chi connectivity index (χ1) is 18.8. The zero-order valence-electron chi connectivity index (χ0n) is 20.3. The van der Waals surface area contributed by atoms with E-state index >= 15 is 0 Å². The molecule has 1 aromatic carbocycles. The van der Waals surface area contributed by atoms with Gasteiger partial charge in [0.1, 0.15) is 5.82 Å². The second-order valence-electron chi connectivity index (χ2n) is 9.07. The number of nitrogens with zero attached hydrogens (tertiary/aromatic N) is 7. The van der Waals surface area contributed by atoms with Gasteiger partial charge < -0.3 is 9.80 Å². The number of aromatic nitrogens is 4. The molecule has 39 heavy (non-hydrogen) atoms. The molecule has 1 atom stereocenters. The molecule has 6 rings (SSSR count). The van der Waals surface area contributed by atoms with Crippen molar-refractivity contribution in [3.8, 4) is 5.69 Å². The van der Waals surface area contributed by atoms with Gasteiger partial charge in [-0.25, -0.2) is 9.67 Å². The van der Waals surface area contributed by atoms with Crippen LogP contribution in [0.2, 0.25) is 0 Å². The van der Waals surface area contributed by atoms with Gasteiger partial charge in [-0.1, -0.05) is 0 Å². The SMILES string of the molecule is O=C1c2cn(-c3ccc(N4CC[C@H](OS(=O)(=O)c5ccc([N+](=O)[O-])cc5)C4)nc3)nc2CN1c1cccnc1. The summed E-state index contributed by atoms with van der Waals surface area (Å²) in [5.74, 6) is 0.511. The average Bonchev–Trinajstić information content (AvgIpc) is 3.65. The van der Waals surface area contributed by atoms with E-state index < -0.39 is 21.1 Å². The Balaban J connectivity index is 1.10. The standard InChI is InChI=1S/C25H21N7O6S/c33-25-22-15-31(28-23(22)16-30(25)18-2-1-10-26-12-18)19-5-8-24(27-13-19)29-11-9-20(14-29)38-39(36,37)21-6-3-17(4-7-21)32(34)35/h1-8,10,12-13,15,20H,9,11,14,16H2/t20-/m0/s1. The lowest BCUT2D eigenvalue weighted by Gasteiger charge is -2.18. The number of carbonyl (C=O) groups excluding carboxylic acids is 1. The van der Waals surface area contributed by atoms with Crippen molar-refractivity contribution >= 4 is 33.2 Å². The molecule has 4 aromatic rings. The molecule has 3 aromatic heterocycles. The van der Waals surface area contributed by atoms with Gasteiger partial charge in [-0.3, -0.25) is 24.1 Å². The number of nitro benzene ring substituents is 1. The summed E-state index contributed by atoms with van der Waals surface area (Å²) in [4.78, 5) is 35.1. The number of nitro groups is 1. The third-order valence-corrected chi connectivity index (χ3v) is 7.97. The first-order valence-corrected chi connectivity index (χ1v) is 13.4. The van der Waals surface area contributed by atoms with E-state index in [-0.39, 0.29) is 16.5 Å². The van der Waals surface area contributed by atoms with E-state index in [0.717, 1.165) is 24.3 Å². The number of rotatable bonds is 7. The van der Waals surface area contributed by atoms with Gasteiger partial charge in [0, 0.05) is 37.6 Å². The Morgan fingerprint density at radius 1 is 1.05 bits per heavy atom. The number of fused-ring (bicyclic) bond motifs is 1. The van der Waals surface area contributed by atoms with Gasteiger partial charge in [-0.05, 0) is 42.8 Å². The van der Waals surface area contributed by atoms with E-state index in [0.29, 0.717) is 54.5 Å². The Bertz CT molecular complexity index is 1660. The summed E-state index contributed by atoms with van der Waals surface area (Å²) in [6.45, 7) is 1.21. The van der Waals surface area contributed by atoms with E-state index in [9.17, 15) is 23.3 Å². The smallest absolute Gasteiger partial charge is 0.297 e. The molecule has 0 N–H and O–H groups in total. The number of anilines is 2. The summed E-state index contributed by atoms with van der Waals surface area (Å²) in [7, 11) is -4.08. The first kappa shape index (κ1) is 24.6. The van der Waals surface area contributed by atoms with Crippen LogP contribution in [-0.2, 0) is 20.8 Å². The van der Waals surface area contributed by atoms with Crippen molar-refractivity contribution in [1.29, 1.82) is 0 Å². The number of benzene rings is 1. The van der Waals surface area contributed by atoms with E-state index in [1.165, 1.54) is 0 Å². The lowest BCUT2D eigenvalue weighted by atomic mass is 10.3. The lowest BCUT2D eigenvalue weighted by molar-refractivity contribution is -0.384. The minimum absolute atomic E-state index is 0.137. The molecular formula is C25H21N7O6S. The Hall–Kier alpha value is -4.69. The topological polar surface area (TPSA) is 154 Å². The van der Waals surface area contributed by atoms with Crippen LogP contribution in [-0.4, -0.2) is 58.2 Å². The highest BCUT2D eigenvalue weighted by molar-refractivity contribution is 7.86. The average molecular weight is 548 g/mol. The van der Waals surface area contributed by atoms with Gasteiger partial charge in [0.15, 0.2) is 0 Å². The first-order valence-electron chi connectivity index (χ1n) is 12.0. The van der Waals surface area contributed by atoms with E-state index in [2.05, 4.69) is 15.1 Å². The predicted octanol–water partition coefficient (Wildman–Crippen LogP) is 2.72. The van der Waals surface area contributed by atoms with Crippen LogP contribution in [0.25, 0.3) is 5.69 Å². The molecule has 1 fully saturated rings. The molecule has 1 amide bonds. The molecule has 1 saturated heterocycles. The summed E-state index contributed by atoms with van der Waals surface area (Å²) in [6, 6.07) is 11.8. The lowest BCUT2D eigenvalue weighted by Crippen LogP contribution is -2.25. The van der Waals surface area contributed by atoms with Crippen molar-refractivity contribution in [1.82, 2.24) is 19.7 Å². The second-order valence-corrected chi connectivity index (χ2v) is 10.6. The molecule has 0 unspecified atom stereocenters. The summed E-state index contributed by atoms with van der Waals surface area (Å²) in [6.07, 6.45) is 6.50. The Morgan fingerprint density at radius 3 is 2.54 bits per heavy atom. The van der Waals surface area contributed by atoms with Crippen LogP contribution in [0, 0.1) is 10.1 Å². The Kier molecular flexibility index (Phi) is 6.04. The molecule has 5 heterocycles. The number of hydrogen-bond acceptors (Lipinski definition) is 10. The Morgan fingerprint density at radius 2 is 1.87 bits per heavy atom. The molecule has 0 bridgehead atoms. The maximum Gasteiger partial charge on any atom is 0.297 e. The third kappa shape index (κ3) is 4.70. The number of amides is 1. The van der Waals surface area contributed by atoms with Gasteiger partial charge >= 0.3 is 0 Å². The summed E-state index contributed by atoms with van der Waals surface area (Å²) < 4.78 is 32.3. The van der Waals surface area contributed by atoms with E-state index in [4.69, 9.17) is 4.18 Å². The predicted molar refractivity (Wildman–Crippen MR) is 138 cm³/mol. The number of non-ortho nitro benzene ring substituents is 1. The van der Waals surface area contributed by atoms with E-state index in [1.807, 2.05) is 17.0 Å². The Labute approximate surface area is 222 Å². The fraction of sp³-hybridized carbons (Fsp3) is 0.200. The molecule has 2 aliphatic rings. The van der Waals surface area contributed by atoms with Crippen molar-refractivity contribution in [2.75, 3.05) is 22.9 Å². The van der Waals surface area contributed by atoms with Gasteiger partial charge in [0.05, 0.1) is 57.5 Å². The van der Waals surface area contributed by atoms with Crippen LogP contribution in [0.1, 0.15) is 22.5 Å². The number of pyridine rings is 2. The molecule has 0 spiro atoms. The molecule has 0 saturated carbocycles.